The molecule has 1 aromatic carbocycles. The molecule has 2 heterocycles. The minimum Gasteiger partial charge on any atom is -0.487 e. The van der Waals surface area contributed by atoms with Gasteiger partial charge in [-0.2, -0.15) is 5.10 Å². The zero-order valence-electron chi connectivity index (χ0n) is 14.9. The molecular formula is C20H22N4O2. The lowest BCUT2D eigenvalue weighted by molar-refractivity contribution is 0.0720. The largest absolute Gasteiger partial charge is 0.487 e. The van der Waals surface area contributed by atoms with E-state index in [2.05, 4.69) is 15.2 Å². The number of para-hydroxylation sites is 1. The molecule has 0 bridgehead atoms. The van der Waals surface area contributed by atoms with Gasteiger partial charge >= 0.3 is 0 Å². The second kappa shape index (κ2) is 8.29. The van der Waals surface area contributed by atoms with Crippen LogP contribution in [0.2, 0.25) is 0 Å². The fourth-order valence-electron chi connectivity index (χ4n) is 2.85. The van der Waals surface area contributed by atoms with E-state index in [1.165, 1.54) is 0 Å². The summed E-state index contributed by atoms with van der Waals surface area (Å²) in [5.74, 6) is 0.637. The number of nitrogens with zero attached hydrogens (tertiary/aromatic N) is 3. The highest BCUT2D eigenvalue weighted by molar-refractivity contribution is 5.92. The number of aromatic amines is 1. The number of ether oxygens (including phenoxy) is 1. The second-order valence-electron chi connectivity index (χ2n) is 6.01. The molecule has 0 spiro atoms. The maximum atomic E-state index is 12.8. The number of carbonyl (C=O) groups is 1. The van der Waals surface area contributed by atoms with Gasteiger partial charge in [0.2, 0.25) is 0 Å². The van der Waals surface area contributed by atoms with Crippen LogP contribution >= 0.6 is 0 Å². The first kappa shape index (κ1) is 17.7. The topological polar surface area (TPSA) is 71.1 Å². The van der Waals surface area contributed by atoms with E-state index in [1.54, 1.807) is 30.4 Å². The SMILES string of the molecule is CCC(c1cccnc1)N(C)C(=O)c1cc(COc2ccccc2)[nH]n1. The van der Waals surface area contributed by atoms with Gasteiger partial charge in [0.25, 0.3) is 5.91 Å². The van der Waals surface area contributed by atoms with Crippen molar-refractivity contribution >= 4 is 5.91 Å². The maximum absolute atomic E-state index is 12.8. The summed E-state index contributed by atoms with van der Waals surface area (Å²) in [5.41, 5.74) is 2.13. The van der Waals surface area contributed by atoms with Gasteiger partial charge in [0.1, 0.15) is 12.4 Å². The van der Waals surface area contributed by atoms with E-state index < -0.39 is 0 Å². The smallest absolute Gasteiger partial charge is 0.274 e. The summed E-state index contributed by atoms with van der Waals surface area (Å²) in [7, 11) is 1.79. The van der Waals surface area contributed by atoms with E-state index in [9.17, 15) is 4.79 Å². The molecular weight excluding hydrogens is 328 g/mol. The quantitative estimate of drug-likeness (QED) is 0.707. The summed E-state index contributed by atoms with van der Waals surface area (Å²) < 4.78 is 5.68. The van der Waals surface area contributed by atoms with E-state index >= 15 is 0 Å². The van der Waals surface area contributed by atoms with E-state index in [-0.39, 0.29) is 11.9 Å². The minimum atomic E-state index is -0.136. The molecule has 1 unspecified atom stereocenters. The standard InChI is InChI=1S/C20H22N4O2/c1-3-19(15-8-7-11-21-13-15)24(2)20(25)18-12-16(22-23-18)14-26-17-9-5-4-6-10-17/h4-13,19H,3,14H2,1-2H3,(H,22,23). The molecule has 6 heteroatoms. The van der Waals surface area contributed by atoms with Crippen molar-refractivity contribution in [1.82, 2.24) is 20.1 Å². The molecule has 0 aliphatic heterocycles. The van der Waals surface area contributed by atoms with Crippen LogP contribution in [0.5, 0.6) is 5.75 Å². The van der Waals surface area contributed by atoms with E-state index in [0.29, 0.717) is 12.3 Å². The molecule has 2 aromatic heterocycles. The molecule has 3 rings (SSSR count). The monoisotopic (exact) mass is 350 g/mol. The van der Waals surface area contributed by atoms with Crippen molar-refractivity contribution in [3.05, 3.63) is 77.9 Å². The van der Waals surface area contributed by atoms with Crippen molar-refractivity contribution in [2.45, 2.75) is 26.0 Å². The van der Waals surface area contributed by atoms with Gasteiger partial charge in [-0.05, 0) is 36.2 Å². The Balaban J connectivity index is 1.67. The summed E-state index contributed by atoms with van der Waals surface area (Å²) in [5, 5.41) is 7.02. The molecule has 0 radical (unpaired) electrons. The van der Waals surface area contributed by atoms with E-state index in [0.717, 1.165) is 23.4 Å². The van der Waals surface area contributed by atoms with Gasteiger partial charge in [0, 0.05) is 19.4 Å². The number of H-pyrrole nitrogens is 1. The molecule has 26 heavy (non-hydrogen) atoms. The van der Waals surface area contributed by atoms with Gasteiger partial charge in [0.15, 0.2) is 5.69 Å². The number of rotatable bonds is 7. The summed E-state index contributed by atoms with van der Waals surface area (Å²) in [6, 6.07) is 15.1. The van der Waals surface area contributed by atoms with Crippen LogP contribution in [-0.4, -0.2) is 33.0 Å². The summed E-state index contributed by atoms with van der Waals surface area (Å²) in [6.45, 7) is 2.37. The number of hydrogen-bond donors (Lipinski definition) is 1. The fraction of sp³-hybridized carbons (Fsp3) is 0.250. The molecule has 0 aliphatic carbocycles. The Labute approximate surface area is 152 Å². The van der Waals surface area contributed by atoms with Crippen molar-refractivity contribution in [2.75, 3.05) is 7.05 Å². The van der Waals surface area contributed by atoms with Crippen molar-refractivity contribution in [3.8, 4) is 5.75 Å². The fourth-order valence-corrected chi connectivity index (χ4v) is 2.85. The van der Waals surface area contributed by atoms with Gasteiger partial charge in [-0.1, -0.05) is 31.2 Å². The number of hydrogen-bond acceptors (Lipinski definition) is 4. The van der Waals surface area contributed by atoms with Crippen LogP contribution in [0.3, 0.4) is 0 Å². The number of aromatic nitrogens is 3. The van der Waals surface area contributed by atoms with Gasteiger partial charge in [-0.15, -0.1) is 0 Å². The first-order valence-corrected chi connectivity index (χ1v) is 8.58. The molecule has 0 fully saturated rings. The molecule has 0 saturated heterocycles. The lowest BCUT2D eigenvalue weighted by atomic mass is 10.1. The second-order valence-corrected chi connectivity index (χ2v) is 6.01. The summed E-state index contributed by atoms with van der Waals surface area (Å²) in [4.78, 5) is 18.6. The molecule has 3 aromatic rings. The molecule has 1 amide bonds. The van der Waals surface area contributed by atoms with Crippen LogP contribution in [0.25, 0.3) is 0 Å². The Morgan fingerprint density at radius 1 is 1.23 bits per heavy atom. The van der Waals surface area contributed by atoms with Crippen molar-refractivity contribution in [2.24, 2.45) is 0 Å². The molecule has 0 aliphatic rings. The minimum absolute atomic E-state index is 0.0445. The Kier molecular flexibility index (Phi) is 5.63. The van der Waals surface area contributed by atoms with Gasteiger partial charge in [-0.25, -0.2) is 0 Å². The number of amides is 1. The third kappa shape index (κ3) is 4.08. The normalized spacial score (nSPS) is 11.8. The maximum Gasteiger partial charge on any atom is 0.274 e. The van der Waals surface area contributed by atoms with Crippen molar-refractivity contribution < 1.29 is 9.53 Å². The molecule has 1 atom stereocenters. The average molecular weight is 350 g/mol. The first-order chi connectivity index (χ1) is 12.7. The Hall–Kier alpha value is -3.15. The zero-order chi connectivity index (χ0) is 18.4. The Morgan fingerprint density at radius 3 is 2.73 bits per heavy atom. The van der Waals surface area contributed by atoms with E-state index in [4.69, 9.17) is 4.74 Å². The number of carbonyl (C=O) groups excluding carboxylic acids is 1. The molecule has 1 N–H and O–H groups in total. The first-order valence-electron chi connectivity index (χ1n) is 8.58. The molecule has 6 nitrogen and oxygen atoms in total. The van der Waals surface area contributed by atoms with Crippen LogP contribution in [-0.2, 0) is 6.61 Å². The number of benzene rings is 1. The summed E-state index contributed by atoms with van der Waals surface area (Å²) >= 11 is 0. The van der Waals surface area contributed by atoms with Crippen molar-refractivity contribution in [1.29, 1.82) is 0 Å². The van der Waals surface area contributed by atoms with E-state index in [1.807, 2.05) is 49.4 Å². The Bertz CT molecular complexity index is 833. The lowest BCUT2D eigenvalue weighted by Gasteiger charge is -2.26. The highest BCUT2D eigenvalue weighted by Crippen LogP contribution is 2.23. The van der Waals surface area contributed by atoms with Crippen LogP contribution in [0, 0.1) is 0 Å². The van der Waals surface area contributed by atoms with Crippen LogP contribution < -0.4 is 4.74 Å². The van der Waals surface area contributed by atoms with Gasteiger partial charge in [-0.3, -0.25) is 14.9 Å². The zero-order valence-corrected chi connectivity index (χ0v) is 14.9. The Morgan fingerprint density at radius 2 is 2.04 bits per heavy atom. The van der Waals surface area contributed by atoms with Crippen LogP contribution in [0.15, 0.2) is 60.9 Å². The van der Waals surface area contributed by atoms with Crippen molar-refractivity contribution in [3.63, 3.8) is 0 Å². The number of pyridine rings is 1. The van der Waals surface area contributed by atoms with Gasteiger partial charge in [0.05, 0.1) is 11.7 Å². The third-order valence-electron chi connectivity index (χ3n) is 4.23. The van der Waals surface area contributed by atoms with Gasteiger partial charge < -0.3 is 9.64 Å². The predicted octanol–water partition coefficient (Wildman–Crippen LogP) is 3.61. The van der Waals surface area contributed by atoms with Crippen LogP contribution in [0.4, 0.5) is 0 Å². The number of nitrogens with one attached hydrogen (secondary N) is 1. The van der Waals surface area contributed by atoms with Crippen LogP contribution in [0.1, 0.15) is 41.1 Å². The predicted molar refractivity (Wildman–Crippen MR) is 98.7 cm³/mol. The highest BCUT2D eigenvalue weighted by Gasteiger charge is 2.23. The average Bonchev–Trinajstić information content (AvgIpc) is 3.17. The highest BCUT2D eigenvalue weighted by atomic mass is 16.5. The third-order valence-corrected chi connectivity index (χ3v) is 4.23. The lowest BCUT2D eigenvalue weighted by Crippen LogP contribution is -2.31. The molecule has 134 valence electrons. The molecule has 0 saturated carbocycles. The summed E-state index contributed by atoms with van der Waals surface area (Å²) in [6.07, 6.45) is 4.31.